The number of benzene rings is 1. The summed E-state index contributed by atoms with van der Waals surface area (Å²) in [5.41, 5.74) is 6.06. The van der Waals surface area contributed by atoms with Crippen molar-refractivity contribution in [1.82, 2.24) is 0 Å². The summed E-state index contributed by atoms with van der Waals surface area (Å²) >= 11 is 5.67. The van der Waals surface area contributed by atoms with E-state index in [1.54, 1.807) is 19.1 Å². The number of hydrogen-bond donors (Lipinski definition) is 3. The fourth-order valence-electron chi connectivity index (χ4n) is 2.09. The number of carbonyl (C=O) groups excluding carboxylic acids is 2. The first-order valence-electron chi connectivity index (χ1n) is 6.60. The van der Waals surface area contributed by atoms with Gasteiger partial charge in [-0.3, -0.25) is 4.79 Å². The van der Waals surface area contributed by atoms with Gasteiger partial charge in [0.1, 0.15) is 6.10 Å². The number of carbonyl (C=O) groups is 2. The highest BCUT2D eigenvalue weighted by Gasteiger charge is 2.22. The summed E-state index contributed by atoms with van der Waals surface area (Å²) in [5.74, 6) is -1.69. The molecule has 1 aromatic rings. The van der Waals surface area contributed by atoms with Gasteiger partial charge in [0, 0.05) is 17.9 Å². The lowest BCUT2D eigenvalue weighted by Crippen LogP contribution is -2.89. The Hall–Kier alpha value is -1.63. The van der Waals surface area contributed by atoms with Gasteiger partial charge in [0.2, 0.25) is 0 Å². The molecule has 0 bridgehead atoms. The van der Waals surface area contributed by atoms with Crippen molar-refractivity contribution in [3.8, 4) is 0 Å². The molecule has 0 spiro atoms. The normalized spacial score (nSPS) is 18.5. The lowest BCUT2D eigenvalue weighted by molar-refractivity contribution is -0.657. The Morgan fingerprint density at radius 3 is 2.52 bits per heavy atom. The molecule has 6 nitrogen and oxygen atoms in total. The highest BCUT2D eigenvalue weighted by atomic mass is 35.5. The zero-order valence-electron chi connectivity index (χ0n) is 11.7. The van der Waals surface area contributed by atoms with Crippen molar-refractivity contribution in [1.29, 1.82) is 0 Å². The number of carboxylic acids is 1. The van der Waals surface area contributed by atoms with Gasteiger partial charge < -0.3 is 26.1 Å². The molecule has 1 amide bonds. The number of nitrogens with two attached hydrogens (primary N) is 2. The average molecular weight is 315 g/mol. The second-order valence-electron chi connectivity index (χ2n) is 4.96. The lowest BCUT2D eigenvalue weighted by atomic mass is 10.1. The molecule has 0 unspecified atom stereocenters. The van der Waals surface area contributed by atoms with Gasteiger partial charge in [0.15, 0.2) is 6.04 Å². The smallest absolute Gasteiger partial charge is 0.275 e. The molecular weight excluding hydrogens is 296 g/mol. The largest absolute Gasteiger partial charge is 0.547 e. The van der Waals surface area contributed by atoms with Crippen LogP contribution in [0.4, 0.5) is 0 Å². The van der Waals surface area contributed by atoms with Crippen LogP contribution in [0.15, 0.2) is 18.2 Å². The lowest BCUT2D eigenvalue weighted by Gasteiger charge is -2.12. The zero-order chi connectivity index (χ0) is 16.0. The van der Waals surface area contributed by atoms with E-state index < -0.39 is 12.1 Å². The van der Waals surface area contributed by atoms with E-state index in [-0.39, 0.29) is 17.5 Å². The number of aliphatic hydroxyl groups excluding tert-OH is 1. The van der Waals surface area contributed by atoms with Gasteiger partial charge in [0.25, 0.3) is 5.91 Å². The molecule has 0 radical (unpaired) electrons. The molecular formula is C14H19ClN2O4. The summed E-state index contributed by atoms with van der Waals surface area (Å²) in [4.78, 5) is 20.7. The molecule has 1 heterocycles. The first-order valence-corrected chi connectivity index (χ1v) is 6.97. The summed E-state index contributed by atoms with van der Waals surface area (Å²) in [6.45, 7) is 2.82. The van der Waals surface area contributed by atoms with Crippen molar-refractivity contribution in [2.45, 2.75) is 31.9 Å². The van der Waals surface area contributed by atoms with Crippen LogP contribution in [0, 0.1) is 6.92 Å². The van der Waals surface area contributed by atoms with Gasteiger partial charge in [-0.2, -0.15) is 0 Å². The summed E-state index contributed by atoms with van der Waals surface area (Å²) in [6, 6.07) is 4.70. The monoisotopic (exact) mass is 314 g/mol. The van der Waals surface area contributed by atoms with Crippen LogP contribution in [0.2, 0.25) is 5.02 Å². The van der Waals surface area contributed by atoms with E-state index in [9.17, 15) is 14.7 Å². The topological polar surface area (TPSA) is 120 Å². The molecule has 5 N–H and O–H groups in total. The first kappa shape index (κ1) is 17.4. The number of aliphatic carboxylic acids is 1. The van der Waals surface area contributed by atoms with Gasteiger partial charge in [-0.05, 0) is 30.2 Å². The molecule has 2 atom stereocenters. The number of halogens is 1. The Labute approximate surface area is 127 Å². The number of carboxylic acid groups (broad SMARTS) is 1. The first-order chi connectivity index (χ1) is 9.81. The fraction of sp³-hybridized carbons (Fsp3) is 0.429. The minimum Gasteiger partial charge on any atom is -0.547 e. The molecule has 1 saturated heterocycles. The number of rotatable bonds is 3. The minimum atomic E-state index is -1.61. The molecule has 1 fully saturated rings. The number of aliphatic hydroxyl groups is 1. The van der Waals surface area contributed by atoms with Crippen molar-refractivity contribution >= 4 is 23.5 Å². The minimum absolute atomic E-state index is 0.0787. The standard InChI is InChI=1S/C9H9ClO3.C5H10N2O/c1-5-2-6(4-7(10)3-5)8(11)9(12)13;6-5(8)4-2-1-3-7-4/h2-4,8,11H,1H3,(H,12,13);4,7H,1-3H2,(H2,6,8)/t8-;4-/m11/s1. The van der Waals surface area contributed by atoms with Crippen LogP contribution in [0.1, 0.15) is 30.1 Å². The maximum absolute atomic E-state index is 10.4. The number of aryl methyl sites for hydroxylation is 1. The van der Waals surface area contributed by atoms with Crippen LogP contribution in [0.5, 0.6) is 0 Å². The molecule has 21 heavy (non-hydrogen) atoms. The van der Waals surface area contributed by atoms with Crippen molar-refractivity contribution in [2.24, 2.45) is 5.73 Å². The molecule has 1 aliphatic rings. The van der Waals surface area contributed by atoms with Gasteiger partial charge in [-0.25, -0.2) is 0 Å². The Kier molecular flexibility index (Phi) is 6.61. The summed E-state index contributed by atoms with van der Waals surface area (Å²) in [6.07, 6.45) is 0.487. The predicted molar refractivity (Wildman–Crippen MR) is 75.2 cm³/mol. The van der Waals surface area contributed by atoms with Crippen LogP contribution in [0.3, 0.4) is 0 Å². The Morgan fingerprint density at radius 2 is 2.14 bits per heavy atom. The summed E-state index contributed by atoms with van der Waals surface area (Å²) < 4.78 is 0. The van der Waals surface area contributed by atoms with E-state index in [1.807, 2.05) is 5.32 Å². The summed E-state index contributed by atoms with van der Waals surface area (Å²) in [5, 5.41) is 21.8. The van der Waals surface area contributed by atoms with E-state index in [4.69, 9.17) is 22.4 Å². The Balaban J connectivity index is 0.000000235. The molecule has 0 aromatic heterocycles. The zero-order valence-corrected chi connectivity index (χ0v) is 12.5. The molecule has 0 aliphatic carbocycles. The van der Waals surface area contributed by atoms with Crippen molar-refractivity contribution in [3.63, 3.8) is 0 Å². The van der Waals surface area contributed by atoms with Crippen LogP contribution < -0.4 is 16.2 Å². The highest BCUT2D eigenvalue weighted by molar-refractivity contribution is 6.30. The highest BCUT2D eigenvalue weighted by Crippen LogP contribution is 2.19. The maximum atomic E-state index is 10.4. The predicted octanol–water partition coefficient (Wildman–Crippen LogP) is -1.37. The maximum Gasteiger partial charge on any atom is 0.275 e. The van der Waals surface area contributed by atoms with Gasteiger partial charge in [-0.15, -0.1) is 0 Å². The van der Waals surface area contributed by atoms with Gasteiger partial charge >= 0.3 is 0 Å². The van der Waals surface area contributed by atoms with E-state index in [0.29, 0.717) is 5.02 Å². The van der Waals surface area contributed by atoms with Gasteiger partial charge in [-0.1, -0.05) is 17.7 Å². The number of primary amides is 1. The molecule has 7 heteroatoms. The molecule has 116 valence electrons. The average Bonchev–Trinajstić information content (AvgIpc) is 2.91. The third-order valence-corrected chi connectivity index (χ3v) is 3.36. The van der Waals surface area contributed by atoms with E-state index >= 15 is 0 Å². The fourth-order valence-corrected chi connectivity index (χ4v) is 2.39. The van der Waals surface area contributed by atoms with E-state index in [1.165, 1.54) is 6.07 Å². The van der Waals surface area contributed by atoms with Crippen LogP contribution in [0.25, 0.3) is 0 Å². The number of quaternary nitrogens is 1. The molecule has 1 aliphatic heterocycles. The SMILES string of the molecule is Cc1cc(Cl)cc([C@@H](O)C(=O)[O-])c1.NC(=O)[C@H]1CCC[NH2+]1. The van der Waals surface area contributed by atoms with Crippen molar-refractivity contribution in [3.05, 3.63) is 34.3 Å². The molecule has 1 aromatic carbocycles. The van der Waals surface area contributed by atoms with Crippen LogP contribution in [-0.2, 0) is 9.59 Å². The van der Waals surface area contributed by atoms with Crippen LogP contribution in [-0.4, -0.2) is 29.6 Å². The third-order valence-electron chi connectivity index (χ3n) is 3.14. The molecule has 0 saturated carbocycles. The number of hydrogen-bond acceptors (Lipinski definition) is 4. The third kappa shape index (κ3) is 5.71. The Morgan fingerprint density at radius 1 is 1.48 bits per heavy atom. The van der Waals surface area contributed by atoms with E-state index in [2.05, 4.69) is 0 Å². The molecule has 2 rings (SSSR count). The summed E-state index contributed by atoms with van der Waals surface area (Å²) in [7, 11) is 0. The Bertz CT molecular complexity index is 495. The van der Waals surface area contributed by atoms with E-state index in [0.717, 1.165) is 24.9 Å². The van der Waals surface area contributed by atoms with Crippen molar-refractivity contribution in [2.75, 3.05) is 6.54 Å². The second kappa shape index (κ2) is 7.97. The number of amides is 1. The quantitative estimate of drug-likeness (QED) is 0.637. The van der Waals surface area contributed by atoms with Crippen molar-refractivity contribution < 1.29 is 25.1 Å². The second-order valence-corrected chi connectivity index (χ2v) is 5.40. The van der Waals surface area contributed by atoms with Crippen LogP contribution >= 0.6 is 11.6 Å². The van der Waals surface area contributed by atoms with Gasteiger partial charge in [0.05, 0.1) is 12.5 Å².